The van der Waals surface area contributed by atoms with Gasteiger partial charge >= 0.3 is 0 Å². The maximum Gasteiger partial charge on any atom is 0.245 e. The fourth-order valence-electron chi connectivity index (χ4n) is 2.49. The predicted molar refractivity (Wildman–Crippen MR) is 85.1 cm³/mol. The Hall–Kier alpha value is -1.35. The Kier molecular flexibility index (Phi) is 4.25. The highest BCUT2D eigenvalue weighted by Gasteiger charge is 2.16. The Labute approximate surface area is 117 Å². The van der Waals surface area contributed by atoms with Crippen molar-refractivity contribution < 1.29 is 4.57 Å². The number of aromatic nitrogens is 2. The lowest BCUT2D eigenvalue weighted by molar-refractivity contribution is -0.672. The van der Waals surface area contributed by atoms with E-state index in [4.69, 9.17) is 0 Å². The summed E-state index contributed by atoms with van der Waals surface area (Å²) in [6, 6.07) is 10.0. The van der Waals surface area contributed by atoms with E-state index >= 15 is 0 Å². The van der Waals surface area contributed by atoms with Gasteiger partial charge in [0.2, 0.25) is 6.33 Å². The average Bonchev–Trinajstić information content (AvgIpc) is 2.68. The van der Waals surface area contributed by atoms with E-state index in [1.807, 2.05) is 6.08 Å². The molecule has 0 unspecified atom stereocenters. The molecule has 0 radical (unpaired) electrons. The van der Waals surface area contributed by atoms with Gasteiger partial charge in [0.25, 0.3) is 0 Å². The number of aryl methyl sites for hydroxylation is 1. The van der Waals surface area contributed by atoms with Crippen molar-refractivity contribution in [2.24, 2.45) is 0 Å². The molecule has 3 heteroatoms. The first kappa shape index (κ1) is 14.1. The third-order valence-electron chi connectivity index (χ3n) is 3.43. The van der Waals surface area contributed by atoms with Crippen molar-refractivity contribution in [2.45, 2.75) is 45.2 Å². The molecule has 1 aromatic heterocycles. The number of hydrogen-bond donors (Lipinski definition) is 0. The minimum Gasteiger partial charge on any atom is -0.230 e. The first-order valence-electron chi connectivity index (χ1n) is 7.09. The van der Waals surface area contributed by atoms with Gasteiger partial charge in [-0.15, -0.1) is 0 Å². The van der Waals surface area contributed by atoms with Crippen LogP contribution in [-0.4, -0.2) is 12.6 Å². The molecule has 1 aromatic carbocycles. The molecular formula is C16H25N2Si+. The SMILES string of the molecule is C=CCn1c[n+](CCC[Si](C)(C)C)c2ccccc21. The zero-order chi connectivity index (χ0) is 13.9. The molecule has 0 atom stereocenters. The molecule has 2 nitrogen and oxygen atoms in total. The highest BCUT2D eigenvalue weighted by Crippen LogP contribution is 2.13. The predicted octanol–water partition coefficient (Wildman–Crippen LogP) is 3.84. The Morgan fingerprint density at radius 2 is 2.00 bits per heavy atom. The molecule has 0 N–H and O–H groups in total. The van der Waals surface area contributed by atoms with Gasteiger partial charge in [-0.2, -0.15) is 0 Å². The van der Waals surface area contributed by atoms with Gasteiger partial charge in [-0.25, -0.2) is 9.13 Å². The molecule has 0 aliphatic heterocycles. The molecule has 0 saturated carbocycles. The van der Waals surface area contributed by atoms with Crippen LogP contribution in [0.5, 0.6) is 0 Å². The van der Waals surface area contributed by atoms with Crippen molar-refractivity contribution in [1.29, 1.82) is 0 Å². The molecular weight excluding hydrogens is 248 g/mol. The third kappa shape index (κ3) is 3.57. The molecule has 2 rings (SSSR count). The molecule has 0 fully saturated rings. The van der Waals surface area contributed by atoms with E-state index in [9.17, 15) is 0 Å². The molecule has 0 aliphatic rings. The molecule has 0 aliphatic carbocycles. The molecule has 102 valence electrons. The van der Waals surface area contributed by atoms with E-state index in [2.05, 4.69) is 65.9 Å². The molecule has 2 aromatic rings. The van der Waals surface area contributed by atoms with Crippen LogP contribution in [0.15, 0.2) is 43.2 Å². The fraction of sp³-hybridized carbons (Fsp3) is 0.438. The molecule has 19 heavy (non-hydrogen) atoms. The summed E-state index contributed by atoms with van der Waals surface area (Å²) < 4.78 is 4.66. The number of imidazole rings is 1. The van der Waals surface area contributed by atoms with E-state index in [0.29, 0.717) is 0 Å². The number of benzene rings is 1. The molecule has 0 bridgehead atoms. The Morgan fingerprint density at radius 3 is 2.68 bits per heavy atom. The van der Waals surface area contributed by atoms with Gasteiger partial charge in [0.05, 0.1) is 6.54 Å². The maximum absolute atomic E-state index is 3.84. The van der Waals surface area contributed by atoms with Crippen LogP contribution in [0.3, 0.4) is 0 Å². The normalized spacial score (nSPS) is 11.9. The lowest BCUT2D eigenvalue weighted by Gasteiger charge is -2.14. The average molecular weight is 273 g/mol. The summed E-state index contributed by atoms with van der Waals surface area (Å²) >= 11 is 0. The van der Waals surface area contributed by atoms with Crippen LogP contribution in [0.1, 0.15) is 6.42 Å². The number of allylic oxidation sites excluding steroid dienone is 1. The van der Waals surface area contributed by atoms with E-state index in [-0.39, 0.29) is 0 Å². The monoisotopic (exact) mass is 273 g/mol. The number of nitrogens with zero attached hydrogens (tertiary/aromatic N) is 2. The summed E-state index contributed by atoms with van der Waals surface area (Å²) in [5.41, 5.74) is 2.63. The van der Waals surface area contributed by atoms with Crippen LogP contribution < -0.4 is 4.57 Å². The van der Waals surface area contributed by atoms with Gasteiger partial charge in [0.1, 0.15) is 6.54 Å². The molecule has 0 spiro atoms. The largest absolute Gasteiger partial charge is 0.245 e. The number of hydrogen-bond acceptors (Lipinski definition) is 0. The van der Waals surface area contributed by atoms with Gasteiger partial charge < -0.3 is 0 Å². The van der Waals surface area contributed by atoms with Crippen molar-refractivity contribution in [1.82, 2.24) is 4.57 Å². The quantitative estimate of drug-likeness (QED) is 0.429. The maximum atomic E-state index is 3.84. The summed E-state index contributed by atoms with van der Waals surface area (Å²) in [5.74, 6) is 0. The zero-order valence-electron chi connectivity index (χ0n) is 12.4. The van der Waals surface area contributed by atoms with Crippen molar-refractivity contribution in [3.8, 4) is 0 Å². The smallest absolute Gasteiger partial charge is 0.230 e. The van der Waals surface area contributed by atoms with Gasteiger partial charge in [0, 0.05) is 8.07 Å². The van der Waals surface area contributed by atoms with Crippen LogP contribution in [0.2, 0.25) is 25.7 Å². The lowest BCUT2D eigenvalue weighted by atomic mass is 10.3. The Balaban J connectivity index is 2.20. The summed E-state index contributed by atoms with van der Waals surface area (Å²) in [5, 5.41) is 0. The highest BCUT2D eigenvalue weighted by molar-refractivity contribution is 6.76. The summed E-state index contributed by atoms with van der Waals surface area (Å²) in [4.78, 5) is 0. The van der Waals surface area contributed by atoms with E-state index in [1.54, 1.807) is 0 Å². The van der Waals surface area contributed by atoms with E-state index in [1.165, 1.54) is 23.5 Å². The molecule has 0 amide bonds. The lowest BCUT2D eigenvalue weighted by Crippen LogP contribution is -2.33. The van der Waals surface area contributed by atoms with Gasteiger partial charge in [0.15, 0.2) is 11.0 Å². The van der Waals surface area contributed by atoms with Gasteiger partial charge in [-0.05, 0) is 18.6 Å². The van der Waals surface area contributed by atoms with Crippen LogP contribution in [0.25, 0.3) is 11.0 Å². The second kappa shape index (κ2) is 5.74. The topological polar surface area (TPSA) is 8.81 Å². The number of fused-ring (bicyclic) bond motifs is 1. The van der Waals surface area contributed by atoms with E-state index in [0.717, 1.165) is 13.1 Å². The number of para-hydroxylation sites is 2. The third-order valence-corrected chi connectivity index (χ3v) is 5.28. The first-order valence-corrected chi connectivity index (χ1v) is 10.8. The van der Waals surface area contributed by atoms with Crippen LogP contribution in [0, 0.1) is 0 Å². The number of rotatable bonds is 6. The second-order valence-electron chi connectivity index (χ2n) is 6.40. The van der Waals surface area contributed by atoms with E-state index < -0.39 is 8.07 Å². The van der Waals surface area contributed by atoms with Crippen LogP contribution in [-0.2, 0) is 13.1 Å². The minimum atomic E-state index is -0.923. The van der Waals surface area contributed by atoms with Crippen molar-refractivity contribution in [3.63, 3.8) is 0 Å². The van der Waals surface area contributed by atoms with Crippen LogP contribution >= 0.6 is 0 Å². The zero-order valence-corrected chi connectivity index (χ0v) is 13.4. The highest BCUT2D eigenvalue weighted by atomic mass is 28.3. The molecule has 1 heterocycles. The van der Waals surface area contributed by atoms with Gasteiger partial charge in [-0.3, -0.25) is 0 Å². The summed E-state index contributed by atoms with van der Waals surface area (Å²) in [6.45, 7) is 13.2. The van der Waals surface area contributed by atoms with Crippen molar-refractivity contribution in [2.75, 3.05) is 0 Å². The standard InChI is InChI=1S/C16H25N2Si/c1-5-11-17-14-18(12-8-13-19(2,3)4)16-10-7-6-9-15(16)17/h5-7,9-10,14H,1,8,11-13H2,2-4H3/q+1. The summed E-state index contributed by atoms with van der Waals surface area (Å²) in [6.07, 6.45) is 5.47. The van der Waals surface area contributed by atoms with Crippen molar-refractivity contribution >= 4 is 19.1 Å². The van der Waals surface area contributed by atoms with Gasteiger partial charge in [-0.1, -0.05) is 50.5 Å². The van der Waals surface area contributed by atoms with Crippen molar-refractivity contribution in [3.05, 3.63) is 43.2 Å². The van der Waals surface area contributed by atoms with Crippen LogP contribution in [0.4, 0.5) is 0 Å². The minimum absolute atomic E-state index is 0.877. The summed E-state index contributed by atoms with van der Waals surface area (Å²) in [7, 11) is -0.923. The Morgan fingerprint density at radius 1 is 1.26 bits per heavy atom. The first-order chi connectivity index (χ1) is 9.01. The molecule has 0 saturated heterocycles. The fourth-order valence-corrected chi connectivity index (χ4v) is 3.70. The second-order valence-corrected chi connectivity index (χ2v) is 12.0. The Bertz CT molecular complexity index is 564.